The molecular weight excluding hydrogens is 314 g/mol. The van der Waals surface area contributed by atoms with Crippen molar-refractivity contribution in [3.05, 3.63) is 0 Å². The minimum atomic E-state index is -3.36. The molecule has 1 atom stereocenters. The molecular formula is C13H28ClN3O3S. The quantitative estimate of drug-likeness (QED) is 0.752. The number of rotatable bonds is 6. The Kier molecular flexibility index (Phi) is 7.87. The summed E-state index contributed by atoms with van der Waals surface area (Å²) in [4.78, 5) is 0. The van der Waals surface area contributed by atoms with Crippen LogP contribution < -0.4 is 10.0 Å². The summed E-state index contributed by atoms with van der Waals surface area (Å²) in [6.45, 7) is 3.14. The SMILES string of the molecule is COCC1(CNS(=O)(=O)N2CCCCCC2)CCCN1.Cl. The number of nitrogens with zero attached hydrogens (tertiary/aromatic N) is 1. The Morgan fingerprint density at radius 3 is 2.38 bits per heavy atom. The van der Waals surface area contributed by atoms with E-state index >= 15 is 0 Å². The van der Waals surface area contributed by atoms with E-state index in [0.29, 0.717) is 26.2 Å². The standard InChI is InChI=1S/C13H27N3O3S.ClH/c1-19-12-13(7-6-8-14-13)11-15-20(17,18)16-9-4-2-3-5-10-16;/h14-15H,2-12H2,1H3;1H. The highest BCUT2D eigenvalue weighted by atomic mass is 35.5. The van der Waals surface area contributed by atoms with Crippen molar-refractivity contribution in [2.24, 2.45) is 0 Å². The smallest absolute Gasteiger partial charge is 0.279 e. The Hall–Kier alpha value is 0.0800. The maximum atomic E-state index is 12.4. The number of hydrogen-bond donors (Lipinski definition) is 2. The van der Waals surface area contributed by atoms with E-state index in [1.807, 2.05) is 0 Å². The van der Waals surface area contributed by atoms with Gasteiger partial charge in [0.2, 0.25) is 0 Å². The summed E-state index contributed by atoms with van der Waals surface area (Å²) in [7, 11) is -1.71. The van der Waals surface area contributed by atoms with Crippen LogP contribution in [0.2, 0.25) is 0 Å². The van der Waals surface area contributed by atoms with Crippen LogP contribution in [-0.2, 0) is 14.9 Å². The van der Waals surface area contributed by atoms with E-state index in [1.165, 1.54) is 0 Å². The summed E-state index contributed by atoms with van der Waals surface area (Å²) in [5.41, 5.74) is -0.242. The predicted octanol–water partition coefficient (Wildman–Crippen LogP) is 0.887. The second-order valence-electron chi connectivity index (χ2n) is 5.88. The molecule has 2 aliphatic rings. The fourth-order valence-electron chi connectivity index (χ4n) is 3.07. The molecule has 1 unspecified atom stereocenters. The Morgan fingerprint density at radius 1 is 1.19 bits per heavy atom. The Labute approximate surface area is 134 Å². The highest BCUT2D eigenvalue weighted by Gasteiger charge is 2.35. The first-order chi connectivity index (χ1) is 9.58. The normalized spacial score (nSPS) is 28.0. The summed E-state index contributed by atoms with van der Waals surface area (Å²) >= 11 is 0. The zero-order valence-electron chi connectivity index (χ0n) is 12.8. The lowest BCUT2D eigenvalue weighted by atomic mass is 9.99. The van der Waals surface area contributed by atoms with Crippen LogP contribution in [0, 0.1) is 0 Å². The third kappa shape index (κ3) is 5.33. The molecule has 126 valence electrons. The van der Waals surface area contributed by atoms with Gasteiger partial charge in [0, 0.05) is 26.7 Å². The minimum absolute atomic E-state index is 0. The maximum absolute atomic E-state index is 12.4. The molecule has 2 heterocycles. The van der Waals surface area contributed by atoms with Crippen LogP contribution in [0.15, 0.2) is 0 Å². The molecule has 2 rings (SSSR count). The number of halogens is 1. The topological polar surface area (TPSA) is 70.7 Å². The van der Waals surface area contributed by atoms with Crippen molar-refractivity contribution in [2.75, 3.05) is 39.9 Å². The van der Waals surface area contributed by atoms with Gasteiger partial charge in [-0.3, -0.25) is 0 Å². The molecule has 0 spiro atoms. The van der Waals surface area contributed by atoms with Crippen LogP contribution in [0.3, 0.4) is 0 Å². The van der Waals surface area contributed by atoms with Gasteiger partial charge < -0.3 is 10.1 Å². The molecule has 0 aromatic heterocycles. The second kappa shape index (κ2) is 8.64. The molecule has 8 heteroatoms. The largest absolute Gasteiger partial charge is 0.383 e. The van der Waals surface area contributed by atoms with Gasteiger partial charge in [0.15, 0.2) is 0 Å². The third-order valence-electron chi connectivity index (χ3n) is 4.25. The molecule has 21 heavy (non-hydrogen) atoms. The summed E-state index contributed by atoms with van der Waals surface area (Å²) < 4.78 is 34.4. The van der Waals surface area contributed by atoms with Gasteiger partial charge >= 0.3 is 0 Å². The van der Waals surface area contributed by atoms with Crippen LogP contribution >= 0.6 is 12.4 Å². The zero-order chi connectivity index (χ0) is 14.5. The zero-order valence-corrected chi connectivity index (χ0v) is 14.4. The summed E-state index contributed by atoms with van der Waals surface area (Å²) in [5.74, 6) is 0. The fourth-order valence-corrected chi connectivity index (χ4v) is 4.45. The summed E-state index contributed by atoms with van der Waals surface area (Å²) in [5, 5.41) is 3.39. The van der Waals surface area contributed by atoms with Gasteiger partial charge in [-0.1, -0.05) is 12.8 Å². The van der Waals surface area contributed by atoms with Gasteiger partial charge in [-0.2, -0.15) is 12.7 Å². The molecule has 0 bridgehead atoms. The molecule has 0 aromatic rings. The van der Waals surface area contributed by atoms with E-state index in [2.05, 4.69) is 10.0 Å². The van der Waals surface area contributed by atoms with E-state index in [4.69, 9.17) is 4.74 Å². The molecule has 0 aliphatic carbocycles. The van der Waals surface area contributed by atoms with E-state index in [-0.39, 0.29) is 17.9 Å². The average molecular weight is 342 g/mol. The number of methoxy groups -OCH3 is 1. The Bertz CT molecular complexity index is 391. The first-order valence-electron chi connectivity index (χ1n) is 7.57. The molecule has 0 saturated carbocycles. The summed E-state index contributed by atoms with van der Waals surface area (Å²) in [6, 6.07) is 0. The van der Waals surface area contributed by atoms with E-state index in [1.54, 1.807) is 11.4 Å². The van der Waals surface area contributed by atoms with Crippen LogP contribution in [0.1, 0.15) is 38.5 Å². The number of nitrogens with one attached hydrogen (secondary N) is 2. The van der Waals surface area contributed by atoms with Crippen LogP contribution in [0.25, 0.3) is 0 Å². The summed E-state index contributed by atoms with van der Waals surface area (Å²) in [6.07, 6.45) is 6.19. The first-order valence-corrected chi connectivity index (χ1v) is 9.01. The van der Waals surface area contributed by atoms with Crippen LogP contribution in [-0.4, -0.2) is 58.2 Å². The molecule has 2 N–H and O–H groups in total. The third-order valence-corrected chi connectivity index (χ3v) is 5.80. The van der Waals surface area contributed by atoms with Gasteiger partial charge in [-0.15, -0.1) is 12.4 Å². The number of hydrogen-bond acceptors (Lipinski definition) is 4. The van der Waals surface area contributed by atoms with Gasteiger partial charge in [-0.05, 0) is 32.2 Å². The fraction of sp³-hybridized carbons (Fsp3) is 1.00. The van der Waals surface area contributed by atoms with E-state index in [9.17, 15) is 8.42 Å². The van der Waals surface area contributed by atoms with Crippen molar-refractivity contribution in [3.63, 3.8) is 0 Å². The van der Waals surface area contributed by atoms with Crippen LogP contribution in [0.5, 0.6) is 0 Å². The van der Waals surface area contributed by atoms with Crippen molar-refractivity contribution in [1.82, 2.24) is 14.3 Å². The van der Waals surface area contributed by atoms with E-state index < -0.39 is 10.2 Å². The lowest BCUT2D eigenvalue weighted by molar-refractivity contribution is 0.122. The number of ether oxygens (including phenoxy) is 1. The van der Waals surface area contributed by atoms with Crippen molar-refractivity contribution in [2.45, 2.75) is 44.1 Å². The van der Waals surface area contributed by atoms with Crippen LogP contribution in [0.4, 0.5) is 0 Å². The highest BCUT2D eigenvalue weighted by Crippen LogP contribution is 2.20. The maximum Gasteiger partial charge on any atom is 0.279 e. The predicted molar refractivity (Wildman–Crippen MR) is 86.1 cm³/mol. The van der Waals surface area contributed by atoms with E-state index in [0.717, 1.165) is 45.1 Å². The highest BCUT2D eigenvalue weighted by molar-refractivity contribution is 7.87. The van der Waals surface area contributed by atoms with Gasteiger partial charge in [0.25, 0.3) is 10.2 Å². The van der Waals surface area contributed by atoms with Crippen molar-refractivity contribution in [3.8, 4) is 0 Å². The first kappa shape index (κ1) is 19.1. The van der Waals surface area contributed by atoms with Gasteiger partial charge in [0.1, 0.15) is 0 Å². The molecule has 0 radical (unpaired) electrons. The molecule has 2 saturated heterocycles. The van der Waals surface area contributed by atoms with Gasteiger partial charge in [-0.25, -0.2) is 4.72 Å². The Balaban J connectivity index is 0.00000220. The molecule has 0 aromatic carbocycles. The monoisotopic (exact) mass is 341 g/mol. The average Bonchev–Trinajstić information content (AvgIpc) is 2.71. The molecule has 6 nitrogen and oxygen atoms in total. The van der Waals surface area contributed by atoms with Crippen molar-refractivity contribution >= 4 is 22.6 Å². The molecule has 2 fully saturated rings. The lowest BCUT2D eigenvalue weighted by Gasteiger charge is -2.30. The molecule has 2 aliphatic heterocycles. The molecule has 0 amide bonds. The van der Waals surface area contributed by atoms with Gasteiger partial charge in [0.05, 0.1) is 12.1 Å². The second-order valence-corrected chi connectivity index (χ2v) is 7.64. The van der Waals surface area contributed by atoms with Crippen molar-refractivity contribution < 1.29 is 13.2 Å². The van der Waals surface area contributed by atoms with Crippen molar-refractivity contribution in [1.29, 1.82) is 0 Å². The minimum Gasteiger partial charge on any atom is -0.383 e. The Morgan fingerprint density at radius 2 is 1.86 bits per heavy atom. The lowest BCUT2D eigenvalue weighted by Crippen LogP contribution is -2.55.